The van der Waals surface area contributed by atoms with E-state index in [9.17, 15) is 0 Å². The summed E-state index contributed by atoms with van der Waals surface area (Å²) in [6, 6.07) is 0. The van der Waals surface area contributed by atoms with E-state index in [1.807, 2.05) is 0 Å². The van der Waals surface area contributed by atoms with Crippen LogP contribution in [0.25, 0.3) is 0 Å². The van der Waals surface area contributed by atoms with E-state index in [1.54, 1.807) is 0 Å². The summed E-state index contributed by atoms with van der Waals surface area (Å²) in [6.07, 6.45) is 2.28. The molecule has 0 amide bonds. The van der Waals surface area contributed by atoms with Crippen LogP contribution in [0.1, 0.15) is 82.1 Å². The van der Waals surface area contributed by atoms with E-state index >= 15 is 0 Å². The van der Waals surface area contributed by atoms with Crippen molar-refractivity contribution in [2.75, 3.05) is 0 Å². The third-order valence-corrected chi connectivity index (χ3v) is 0.354. The summed E-state index contributed by atoms with van der Waals surface area (Å²) in [5.74, 6) is 4.25. The van der Waals surface area contributed by atoms with Crippen molar-refractivity contribution in [1.82, 2.24) is 0 Å². The van der Waals surface area contributed by atoms with E-state index in [4.69, 9.17) is 0 Å². The van der Waals surface area contributed by atoms with Gasteiger partial charge < -0.3 is 24.7 Å². The minimum absolute atomic E-state index is 0. The molecule has 0 unspecified atom stereocenters. The zero-order valence-electron chi connectivity index (χ0n) is 15.0. The van der Waals surface area contributed by atoms with Crippen LogP contribution in [-0.4, -0.2) is 23.1 Å². The summed E-state index contributed by atoms with van der Waals surface area (Å²) in [5.41, 5.74) is 0. The Balaban J connectivity index is -0.0000000257. The van der Waals surface area contributed by atoms with Crippen molar-refractivity contribution in [2.45, 2.75) is 82.1 Å². The average molecular weight is 318 g/mol. The van der Waals surface area contributed by atoms with Gasteiger partial charge >= 0.3 is 42.5 Å². The molecular formula is C16H36MgZn. The fourth-order valence-electron chi connectivity index (χ4n) is 0. The van der Waals surface area contributed by atoms with E-state index in [1.165, 1.54) is 24.2 Å². The van der Waals surface area contributed by atoms with Crippen LogP contribution in [0.2, 0.25) is 0 Å². The topological polar surface area (TPSA) is 0 Å². The molecule has 104 valence electrons. The Morgan fingerprint density at radius 1 is 0.667 bits per heavy atom. The largest absolute Gasteiger partial charge is 2.00 e. The first-order valence-corrected chi connectivity index (χ1v) is 6.21. The molecule has 0 N–H and O–H groups in total. The first kappa shape index (κ1) is 36.6. The van der Waals surface area contributed by atoms with Crippen molar-refractivity contribution < 1.29 is 19.5 Å². The number of hydrogen-bond donors (Lipinski definition) is 0. The van der Waals surface area contributed by atoms with Gasteiger partial charge in [-0.25, -0.2) is 0 Å². The van der Waals surface area contributed by atoms with Gasteiger partial charge in [0.25, 0.3) is 0 Å². The second-order valence-electron chi connectivity index (χ2n) is 5.35. The van der Waals surface area contributed by atoms with E-state index in [2.05, 4.69) is 76.2 Å². The maximum atomic E-state index is 3.60. The summed E-state index contributed by atoms with van der Waals surface area (Å²) in [7, 11) is 0. The number of hydrogen-bond acceptors (Lipinski definition) is 0. The normalized spacial score (nSPS) is 7.67. The molecule has 18 heavy (non-hydrogen) atoms. The molecule has 0 aliphatic carbocycles. The van der Waals surface area contributed by atoms with E-state index in [0.29, 0.717) is 0 Å². The second-order valence-corrected chi connectivity index (χ2v) is 5.35. The van der Waals surface area contributed by atoms with E-state index in [-0.39, 0.29) is 42.5 Å². The molecule has 0 aromatic heterocycles. The zero-order chi connectivity index (χ0) is 14.1. The van der Waals surface area contributed by atoms with Gasteiger partial charge in [-0.3, -0.25) is 0 Å². The van der Waals surface area contributed by atoms with Crippen LogP contribution in [-0.2, 0) is 19.5 Å². The van der Waals surface area contributed by atoms with Gasteiger partial charge in [0.2, 0.25) is 0 Å². The third-order valence-electron chi connectivity index (χ3n) is 0.354. The molecule has 0 bridgehead atoms. The summed E-state index contributed by atoms with van der Waals surface area (Å²) >= 11 is 0. The van der Waals surface area contributed by atoms with Crippen molar-refractivity contribution in [3.8, 4) is 0 Å². The van der Waals surface area contributed by atoms with Crippen molar-refractivity contribution in [3.05, 3.63) is 24.7 Å². The van der Waals surface area contributed by atoms with Crippen molar-refractivity contribution >= 4 is 23.1 Å². The summed E-state index contributed by atoms with van der Waals surface area (Å²) in [4.78, 5) is 0. The molecule has 0 fully saturated rings. The maximum absolute atomic E-state index is 3.60. The van der Waals surface area contributed by atoms with Gasteiger partial charge in [-0.05, 0) is 0 Å². The molecule has 0 aliphatic rings. The van der Waals surface area contributed by atoms with Gasteiger partial charge in [-0.1, -0.05) is 13.3 Å². The Kier molecular flexibility index (Phi) is 73.6. The Morgan fingerprint density at radius 2 is 0.722 bits per heavy atom. The molecule has 0 nitrogen and oxygen atoms in total. The monoisotopic (exact) mass is 316 g/mol. The summed E-state index contributed by atoms with van der Waals surface area (Å²) < 4.78 is 0. The predicted molar refractivity (Wildman–Crippen MR) is 86.8 cm³/mol. The van der Waals surface area contributed by atoms with Gasteiger partial charge in [0.1, 0.15) is 0 Å². The smallest absolute Gasteiger partial charge is 0.343 e. The molecule has 0 aromatic carbocycles. The maximum Gasteiger partial charge on any atom is 2.00 e. The van der Waals surface area contributed by atoms with Gasteiger partial charge in [-0.2, -0.15) is 68.7 Å². The van der Waals surface area contributed by atoms with E-state index < -0.39 is 0 Å². The van der Waals surface area contributed by atoms with Crippen LogP contribution < -0.4 is 0 Å². The molecule has 0 saturated heterocycles. The minimum atomic E-state index is 0. The van der Waals surface area contributed by atoms with Gasteiger partial charge in [0.15, 0.2) is 0 Å². The standard InChI is InChI=1S/4C4H9.Mg.Zn/c3*1-4(2)3;1-3-4-2;;/h3*1-3H3;1,3-4H2,2H3;;/q4*-1;2*+2. The quantitative estimate of drug-likeness (QED) is 0.405. The second kappa shape index (κ2) is 36.2. The fraction of sp³-hybridized carbons (Fsp3) is 0.750. The molecular weight excluding hydrogens is 282 g/mol. The molecule has 0 rings (SSSR count). The van der Waals surface area contributed by atoms with Crippen molar-refractivity contribution in [3.63, 3.8) is 0 Å². The Labute approximate surface area is 148 Å². The minimum Gasteiger partial charge on any atom is -0.343 e. The van der Waals surface area contributed by atoms with Crippen LogP contribution >= 0.6 is 0 Å². The molecule has 0 saturated carbocycles. The van der Waals surface area contributed by atoms with Gasteiger partial charge in [-0.15, -0.1) is 0 Å². The molecule has 0 spiro atoms. The zero-order valence-corrected chi connectivity index (χ0v) is 19.4. The van der Waals surface area contributed by atoms with E-state index in [0.717, 1.165) is 6.42 Å². The first-order valence-electron chi connectivity index (χ1n) is 6.21. The molecule has 0 aliphatic heterocycles. The van der Waals surface area contributed by atoms with Crippen molar-refractivity contribution in [1.29, 1.82) is 0 Å². The van der Waals surface area contributed by atoms with Crippen LogP contribution in [0, 0.1) is 24.7 Å². The van der Waals surface area contributed by atoms with Gasteiger partial charge in [0, 0.05) is 0 Å². The molecule has 0 heterocycles. The Morgan fingerprint density at radius 3 is 0.722 bits per heavy atom. The molecule has 0 radical (unpaired) electrons. The molecule has 0 aromatic rings. The summed E-state index contributed by atoms with van der Waals surface area (Å²) in [5, 5.41) is 0. The third kappa shape index (κ3) is 818. The van der Waals surface area contributed by atoms with Crippen LogP contribution in [0.5, 0.6) is 0 Å². The summed E-state index contributed by atoms with van der Waals surface area (Å²) in [6.45, 7) is 24.5. The Hall–Kier alpha value is 1.39. The number of rotatable bonds is 1. The molecule has 2 heteroatoms. The van der Waals surface area contributed by atoms with Crippen molar-refractivity contribution in [2.24, 2.45) is 0 Å². The van der Waals surface area contributed by atoms with Gasteiger partial charge in [0.05, 0.1) is 0 Å². The fourth-order valence-corrected chi connectivity index (χ4v) is 0. The molecule has 0 atom stereocenters. The SMILES string of the molecule is C[C-](C)C.C[C-](C)C.C[C-](C)C.[CH2-]CCC.[Mg+2].[Zn+2]. The van der Waals surface area contributed by atoms with Crippen LogP contribution in [0.3, 0.4) is 0 Å². The Bertz CT molecular complexity index is 56.6. The first-order chi connectivity index (χ1) is 7.11. The van der Waals surface area contributed by atoms with Crippen LogP contribution in [0.4, 0.5) is 0 Å². The van der Waals surface area contributed by atoms with Crippen LogP contribution in [0.15, 0.2) is 0 Å². The predicted octanol–water partition coefficient (Wildman–Crippen LogP) is 6.10. The average Bonchev–Trinajstić information content (AvgIpc) is 2.00. The number of unbranched alkanes of at least 4 members (excludes halogenated alkanes) is 1.